The first kappa shape index (κ1) is 8.82. The number of hydrogen-bond acceptors (Lipinski definition) is 2. The fourth-order valence-electron chi connectivity index (χ4n) is 0.355. The van der Waals surface area contributed by atoms with E-state index in [0.29, 0.717) is 0 Å². The van der Waals surface area contributed by atoms with Gasteiger partial charge in [0.15, 0.2) is 0 Å². The third kappa shape index (κ3) is 3.78. The van der Waals surface area contributed by atoms with Crippen molar-refractivity contribution in [1.29, 1.82) is 0 Å². The minimum Gasteiger partial charge on any atom is -0.401 e. The van der Waals surface area contributed by atoms with Gasteiger partial charge >= 0.3 is 0 Å². The van der Waals surface area contributed by atoms with Gasteiger partial charge in [-0.1, -0.05) is 12.7 Å². The van der Waals surface area contributed by atoms with Crippen molar-refractivity contribution in [3.63, 3.8) is 0 Å². The summed E-state index contributed by atoms with van der Waals surface area (Å²) in [5.74, 6) is 0. The van der Waals surface area contributed by atoms with Crippen LogP contribution in [0.2, 0.25) is 0 Å². The molecule has 2 nitrogen and oxygen atoms in total. The number of nitrogens with two attached hydrogens (primary N) is 1. The van der Waals surface area contributed by atoms with Gasteiger partial charge in [-0.15, -0.1) is 0 Å². The highest BCUT2D eigenvalue weighted by molar-refractivity contribution is 5.08. The molecule has 0 heterocycles. The summed E-state index contributed by atoms with van der Waals surface area (Å²) < 4.78 is 0. The van der Waals surface area contributed by atoms with E-state index in [1.165, 1.54) is 0 Å². The van der Waals surface area contributed by atoms with E-state index in [-0.39, 0.29) is 0 Å². The lowest BCUT2D eigenvalue weighted by atomic mass is 10.4. The maximum Gasteiger partial charge on any atom is 0.0302 e. The number of rotatable bonds is 3. The Bertz CT molecular complexity index is 162. The molecule has 3 N–H and O–H groups in total. The molecule has 0 saturated carbocycles. The first-order valence-corrected chi connectivity index (χ1v) is 3.15. The maximum absolute atomic E-state index is 5.48. The first-order valence-electron chi connectivity index (χ1n) is 3.15. The van der Waals surface area contributed by atoms with Crippen LogP contribution in [0.4, 0.5) is 0 Å². The van der Waals surface area contributed by atoms with Crippen LogP contribution < -0.4 is 11.1 Å². The average Bonchev–Trinajstić information content (AvgIpc) is 1.88. The van der Waals surface area contributed by atoms with Crippen molar-refractivity contribution in [2.24, 2.45) is 5.73 Å². The molecule has 10 heavy (non-hydrogen) atoms. The zero-order chi connectivity index (χ0) is 7.98. The van der Waals surface area contributed by atoms with Crippen LogP contribution in [0.3, 0.4) is 0 Å². The van der Waals surface area contributed by atoms with Crippen LogP contribution in [-0.4, -0.2) is 0 Å². The summed E-state index contributed by atoms with van der Waals surface area (Å²) in [5.41, 5.74) is 7.25. The molecule has 0 aliphatic carbocycles. The molecule has 0 unspecified atom stereocenters. The molecule has 0 fully saturated rings. The largest absolute Gasteiger partial charge is 0.401 e. The van der Waals surface area contributed by atoms with Gasteiger partial charge in [0, 0.05) is 17.6 Å². The molecule has 0 aromatic heterocycles. The molecule has 0 amide bonds. The van der Waals surface area contributed by atoms with Crippen LogP contribution >= 0.6 is 0 Å². The van der Waals surface area contributed by atoms with E-state index >= 15 is 0 Å². The van der Waals surface area contributed by atoms with Crippen molar-refractivity contribution < 1.29 is 0 Å². The fraction of sp³-hybridized carbons (Fsp3) is 0.250. The summed E-state index contributed by atoms with van der Waals surface area (Å²) in [6.45, 7) is 7.30. The number of nitrogens with one attached hydrogen (secondary N) is 1. The van der Waals surface area contributed by atoms with Gasteiger partial charge in [-0.25, -0.2) is 0 Å². The van der Waals surface area contributed by atoms with Gasteiger partial charge in [0.2, 0.25) is 0 Å². The van der Waals surface area contributed by atoms with Crippen LogP contribution in [0.15, 0.2) is 36.3 Å². The molecule has 56 valence electrons. The van der Waals surface area contributed by atoms with Gasteiger partial charge in [-0.2, -0.15) is 0 Å². The normalized spacial score (nSPS) is 13.0. The monoisotopic (exact) mass is 138 g/mol. The Labute approximate surface area is 62.1 Å². The molecule has 0 bridgehead atoms. The van der Waals surface area contributed by atoms with Crippen molar-refractivity contribution >= 4 is 0 Å². The lowest BCUT2D eigenvalue weighted by Crippen LogP contribution is -2.07. The molecule has 0 aromatic carbocycles. The van der Waals surface area contributed by atoms with Crippen LogP contribution in [0.5, 0.6) is 0 Å². The maximum atomic E-state index is 5.48. The summed E-state index contributed by atoms with van der Waals surface area (Å²) in [6, 6.07) is 0. The van der Waals surface area contributed by atoms with E-state index in [0.717, 1.165) is 11.4 Å². The molecule has 0 aromatic rings. The Morgan fingerprint density at radius 2 is 2.10 bits per heavy atom. The second-order valence-corrected chi connectivity index (χ2v) is 2.05. The Morgan fingerprint density at radius 1 is 1.50 bits per heavy atom. The lowest BCUT2D eigenvalue weighted by Gasteiger charge is -2.00. The molecule has 0 aliphatic heterocycles. The highest BCUT2D eigenvalue weighted by atomic mass is 14.9. The Kier molecular flexibility index (Phi) is 4.12. The minimum atomic E-state index is 0.800. The predicted molar refractivity (Wildman–Crippen MR) is 45.0 cm³/mol. The summed E-state index contributed by atoms with van der Waals surface area (Å²) in [7, 11) is 0. The van der Waals surface area contributed by atoms with Gasteiger partial charge in [-0.3, -0.25) is 0 Å². The van der Waals surface area contributed by atoms with Crippen LogP contribution in [0.25, 0.3) is 0 Å². The van der Waals surface area contributed by atoms with Crippen LogP contribution in [0.1, 0.15) is 13.8 Å². The molecular formula is C8H14N2. The highest BCUT2D eigenvalue weighted by Crippen LogP contribution is 1.90. The lowest BCUT2D eigenvalue weighted by molar-refractivity contribution is 1.00. The van der Waals surface area contributed by atoms with Gasteiger partial charge in [0.05, 0.1) is 0 Å². The van der Waals surface area contributed by atoms with E-state index in [9.17, 15) is 0 Å². The van der Waals surface area contributed by atoms with Crippen molar-refractivity contribution in [3.05, 3.63) is 36.3 Å². The van der Waals surface area contributed by atoms with Gasteiger partial charge in [0.1, 0.15) is 0 Å². The second-order valence-electron chi connectivity index (χ2n) is 2.05. The Morgan fingerprint density at radius 3 is 2.50 bits per heavy atom. The summed E-state index contributed by atoms with van der Waals surface area (Å²) >= 11 is 0. The van der Waals surface area contributed by atoms with Crippen LogP contribution in [-0.2, 0) is 0 Å². The number of hydrogen-bond donors (Lipinski definition) is 2. The van der Waals surface area contributed by atoms with Crippen LogP contribution in [0, 0.1) is 0 Å². The summed E-state index contributed by atoms with van der Waals surface area (Å²) in [5, 5.41) is 2.99. The first-order chi connectivity index (χ1) is 4.68. The van der Waals surface area contributed by atoms with E-state index in [2.05, 4.69) is 11.9 Å². The molecule has 0 rings (SSSR count). The molecule has 2 heteroatoms. The average molecular weight is 138 g/mol. The third-order valence-electron chi connectivity index (χ3n) is 1.12. The van der Waals surface area contributed by atoms with E-state index in [1.807, 2.05) is 19.9 Å². The highest BCUT2D eigenvalue weighted by Gasteiger charge is 1.84. The smallest absolute Gasteiger partial charge is 0.0302 e. The third-order valence-corrected chi connectivity index (χ3v) is 1.12. The fourth-order valence-corrected chi connectivity index (χ4v) is 0.355. The van der Waals surface area contributed by atoms with Crippen molar-refractivity contribution in [2.75, 3.05) is 0 Å². The quantitative estimate of drug-likeness (QED) is 0.580. The molecule has 0 spiro atoms. The van der Waals surface area contributed by atoms with Crippen molar-refractivity contribution in [3.8, 4) is 0 Å². The second kappa shape index (κ2) is 4.68. The minimum absolute atomic E-state index is 0.800. The molecule has 0 atom stereocenters. The summed E-state index contributed by atoms with van der Waals surface area (Å²) in [6.07, 6.45) is 5.30. The van der Waals surface area contributed by atoms with Gasteiger partial charge in [-0.05, 0) is 19.9 Å². The van der Waals surface area contributed by atoms with Gasteiger partial charge in [0.25, 0.3) is 0 Å². The molecule has 0 radical (unpaired) electrons. The van der Waals surface area contributed by atoms with E-state index in [4.69, 9.17) is 5.73 Å². The Hall–Kier alpha value is -1.18. The van der Waals surface area contributed by atoms with E-state index < -0.39 is 0 Å². The standard InChI is InChI=1S/C8H14N2/c1-4-5-6-10-8(3)7(2)9/h4-6,10H,1,9H2,2-3H3/b6-5+,8-7-. The van der Waals surface area contributed by atoms with Crippen molar-refractivity contribution in [1.82, 2.24) is 5.32 Å². The zero-order valence-corrected chi connectivity index (χ0v) is 6.52. The molecule has 0 aliphatic rings. The van der Waals surface area contributed by atoms with E-state index in [1.54, 1.807) is 12.3 Å². The number of allylic oxidation sites excluding steroid dienone is 4. The predicted octanol–water partition coefficient (Wildman–Crippen LogP) is 1.49. The zero-order valence-electron chi connectivity index (χ0n) is 6.52. The molecular weight excluding hydrogens is 124 g/mol. The topological polar surface area (TPSA) is 38.0 Å². The Balaban J connectivity index is 3.81. The van der Waals surface area contributed by atoms with Crippen molar-refractivity contribution in [2.45, 2.75) is 13.8 Å². The van der Waals surface area contributed by atoms with Gasteiger partial charge < -0.3 is 11.1 Å². The SMILES string of the molecule is C=C/C=C/N/C(C)=C(/C)N. The summed E-state index contributed by atoms with van der Waals surface area (Å²) in [4.78, 5) is 0. The molecule has 0 saturated heterocycles.